The molecular weight excluding hydrogens is 274 g/mol. The maximum Gasteiger partial charge on any atom is 0.339 e. The number of carboxylic acid groups (broad SMARTS) is 1. The number of carboxylic acids is 1. The van der Waals surface area contributed by atoms with Gasteiger partial charge in [-0.1, -0.05) is 12.1 Å². The minimum atomic E-state index is -0.980. The van der Waals surface area contributed by atoms with Crippen LogP contribution in [0.1, 0.15) is 10.4 Å². The third-order valence-corrected chi connectivity index (χ3v) is 3.58. The first-order valence-electron chi connectivity index (χ1n) is 6.10. The zero-order chi connectivity index (χ0) is 14.4. The van der Waals surface area contributed by atoms with E-state index in [2.05, 4.69) is 0 Å². The van der Waals surface area contributed by atoms with E-state index in [0.29, 0.717) is 12.4 Å². The Morgan fingerprint density at radius 1 is 1.15 bits per heavy atom. The molecule has 0 aromatic heterocycles. The fourth-order valence-electron chi connectivity index (χ4n) is 1.64. The van der Waals surface area contributed by atoms with Crippen LogP contribution in [0.2, 0.25) is 0 Å². The number of anilines is 1. The highest BCUT2D eigenvalue weighted by Crippen LogP contribution is 2.21. The van der Waals surface area contributed by atoms with Gasteiger partial charge >= 0.3 is 5.97 Å². The van der Waals surface area contributed by atoms with Crippen LogP contribution in [-0.2, 0) is 0 Å². The van der Waals surface area contributed by atoms with Crippen molar-refractivity contribution in [2.24, 2.45) is 0 Å². The number of carbonyl (C=O) groups is 1. The first kappa shape index (κ1) is 14.3. The van der Waals surface area contributed by atoms with Gasteiger partial charge in [0.05, 0.1) is 6.61 Å². The van der Waals surface area contributed by atoms with Crippen molar-refractivity contribution in [2.45, 2.75) is 4.90 Å². The summed E-state index contributed by atoms with van der Waals surface area (Å²) in [5.41, 5.74) is 6.54. The van der Waals surface area contributed by atoms with Crippen molar-refractivity contribution in [1.29, 1.82) is 0 Å². The normalized spacial score (nSPS) is 10.2. The largest absolute Gasteiger partial charge is 0.492 e. The number of nitrogens with two attached hydrogens (primary N) is 1. The van der Waals surface area contributed by atoms with E-state index in [1.807, 2.05) is 24.3 Å². The van der Waals surface area contributed by atoms with E-state index in [0.717, 1.165) is 16.3 Å². The predicted octanol–water partition coefficient (Wildman–Crippen LogP) is 3.14. The predicted molar refractivity (Wildman–Crippen MR) is 80.5 cm³/mol. The lowest BCUT2D eigenvalue weighted by atomic mass is 10.2. The summed E-state index contributed by atoms with van der Waals surface area (Å²) in [7, 11) is 0. The molecule has 104 valence electrons. The molecule has 0 amide bonds. The topological polar surface area (TPSA) is 72.5 Å². The molecule has 0 radical (unpaired) electrons. The van der Waals surface area contributed by atoms with Crippen molar-refractivity contribution >= 4 is 23.4 Å². The Kier molecular flexibility index (Phi) is 4.90. The molecular formula is C15H15NO3S. The van der Waals surface area contributed by atoms with Gasteiger partial charge < -0.3 is 15.6 Å². The number of hydrogen-bond acceptors (Lipinski definition) is 4. The Bertz CT molecular complexity index is 584. The number of thioether (sulfide) groups is 1. The van der Waals surface area contributed by atoms with Crippen molar-refractivity contribution in [2.75, 3.05) is 18.1 Å². The molecule has 0 unspecified atom stereocenters. The standard InChI is InChI=1S/C15H15NO3S/c16-11-5-7-12(8-6-11)20-10-9-19-14-4-2-1-3-13(14)15(17)18/h1-8H,9-10,16H2,(H,17,18). The van der Waals surface area contributed by atoms with Crippen molar-refractivity contribution < 1.29 is 14.6 Å². The van der Waals surface area contributed by atoms with E-state index in [9.17, 15) is 4.79 Å². The highest BCUT2D eigenvalue weighted by Gasteiger charge is 2.09. The molecule has 0 aliphatic rings. The molecule has 0 heterocycles. The molecule has 0 spiro atoms. The Morgan fingerprint density at radius 2 is 1.85 bits per heavy atom. The second-order valence-electron chi connectivity index (χ2n) is 4.07. The fourth-order valence-corrected chi connectivity index (χ4v) is 2.38. The van der Waals surface area contributed by atoms with Gasteiger partial charge in [-0.25, -0.2) is 4.79 Å². The number of ether oxygens (including phenoxy) is 1. The molecule has 0 aliphatic carbocycles. The molecule has 0 saturated heterocycles. The van der Waals surface area contributed by atoms with Crippen LogP contribution >= 0.6 is 11.8 Å². The van der Waals surface area contributed by atoms with Gasteiger partial charge in [-0.15, -0.1) is 11.8 Å². The van der Waals surface area contributed by atoms with Gasteiger partial charge in [0.15, 0.2) is 0 Å². The lowest BCUT2D eigenvalue weighted by Gasteiger charge is -2.08. The molecule has 2 rings (SSSR count). The molecule has 0 fully saturated rings. The van der Waals surface area contributed by atoms with Gasteiger partial charge in [0.25, 0.3) is 0 Å². The molecule has 0 bridgehead atoms. The van der Waals surface area contributed by atoms with Gasteiger partial charge in [-0.05, 0) is 36.4 Å². The first-order chi connectivity index (χ1) is 9.66. The van der Waals surface area contributed by atoms with E-state index >= 15 is 0 Å². The van der Waals surface area contributed by atoms with Crippen LogP contribution in [0.25, 0.3) is 0 Å². The molecule has 3 N–H and O–H groups in total. The lowest BCUT2D eigenvalue weighted by molar-refractivity contribution is 0.0692. The number of rotatable bonds is 6. The van der Waals surface area contributed by atoms with Crippen LogP contribution in [0.5, 0.6) is 5.75 Å². The smallest absolute Gasteiger partial charge is 0.339 e. The van der Waals surface area contributed by atoms with Crippen LogP contribution in [0, 0.1) is 0 Å². The molecule has 20 heavy (non-hydrogen) atoms. The van der Waals surface area contributed by atoms with E-state index in [4.69, 9.17) is 15.6 Å². The number of nitrogen functional groups attached to an aromatic ring is 1. The highest BCUT2D eigenvalue weighted by molar-refractivity contribution is 7.99. The minimum Gasteiger partial charge on any atom is -0.492 e. The summed E-state index contributed by atoms with van der Waals surface area (Å²) in [5.74, 6) is 0.155. The van der Waals surface area contributed by atoms with Crippen molar-refractivity contribution in [1.82, 2.24) is 0 Å². The zero-order valence-corrected chi connectivity index (χ0v) is 11.6. The molecule has 4 nitrogen and oxygen atoms in total. The summed E-state index contributed by atoms with van der Waals surface area (Å²) in [5, 5.41) is 9.03. The average Bonchev–Trinajstić information content (AvgIpc) is 2.46. The number of aromatic carboxylic acids is 1. The molecule has 0 saturated carbocycles. The highest BCUT2D eigenvalue weighted by atomic mass is 32.2. The Morgan fingerprint density at radius 3 is 2.55 bits per heavy atom. The van der Waals surface area contributed by atoms with Crippen molar-refractivity contribution in [3.8, 4) is 5.75 Å². The van der Waals surface area contributed by atoms with Crippen molar-refractivity contribution in [3.05, 3.63) is 54.1 Å². The fraction of sp³-hybridized carbons (Fsp3) is 0.133. The lowest BCUT2D eigenvalue weighted by Crippen LogP contribution is -2.05. The van der Waals surface area contributed by atoms with Gasteiger partial charge in [-0.2, -0.15) is 0 Å². The van der Waals surface area contributed by atoms with Crippen LogP contribution in [0.15, 0.2) is 53.4 Å². The quantitative estimate of drug-likeness (QED) is 0.485. The third-order valence-electron chi connectivity index (χ3n) is 2.61. The summed E-state index contributed by atoms with van der Waals surface area (Å²) < 4.78 is 5.52. The van der Waals surface area contributed by atoms with E-state index in [1.54, 1.807) is 30.0 Å². The van der Waals surface area contributed by atoms with Gasteiger partial charge in [0, 0.05) is 16.3 Å². The molecule has 5 heteroatoms. The van der Waals surface area contributed by atoms with Crippen LogP contribution in [0.4, 0.5) is 5.69 Å². The maximum absolute atomic E-state index is 11.0. The SMILES string of the molecule is Nc1ccc(SCCOc2ccccc2C(=O)O)cc1. The first-order valence-corrected chi connectivity index (χ1v) is 7.09. The minimum absolute atomic E-state index is 0.185. The zero-order valence-electron chi connectivity index (χ0n) is 10.8. The van der Waals surface area contributed by atoms with Crippen LogP contribution in [-0.4, -0.2) is 23.4 Å². The number of hydrogen-bond donors (Lipinski definition) is 2. The monoisotopic (exact) mass is 289 g/mol. The summed E-state index contributed by atoms with van der Waals surface area (Å²) in [6, 6.07) is 14.2. The Hall–Kier alpha value is -2.14. The van der Waals surface area contributed by atoms with Crippen LogP contribution < -0.4 is 10.5 Å². The summed E-state index contributed by atoms with van der Waals surface area (Å²) in [6.45, 7) is 0.444. The van der Waals surface area contributed by atoms with Gasteiger partial charge in [-0.3, -0.25) is 0 Å². The molecule has 0 atom stereocenters. The Balaban J connectivity index is 1.84. The summed E-state index contributed by atoms with van der Waals surface area (Å²) >= 11 is 1.63. The van der Waals surface area contributed by atoms with Crippen LogP contribution in [0.3, 0.4) is 0 Å². The van der Waals surface area contributed by atoms with E-state index in [-0.39, 0.29) is 5.56 Å². The second kappa shape index (κ2) is 6.86. The third kappa shape index (κ3) is 3.93. The molecule has 2 aromatic rings. The van der Waals surface area contributed by atoms with Gasteiger partial charge in [0.2, 0.25) is 0 Å². The van der Waals surface area contributed by atoms with Gasteiger partial charge in [0.1, 0.15) is 11.3 Å². The average molecular weight is 289 g/mol. The number of para-hydroxylation sites is 1. The van der Waals surface area contributed by atoms with E-state index < -0.39 is 5.97 Å². The number of benzene rings is 2. The van der Waals surface area contributed by atoms with Crippen molar-refractivity contribution in [3.63, 3.8) is 0 Å². The molecule has 2 aromatic carbocycles. The second-order valence-corrected chi connectivity index (χ2v) is 5.24. The maximum atomic E-state index is 11.0. The Labute approximate surface area is 121 Å². The molecule has 0 aliphatic heterocycles. The summed E-state index contributed by atoms with van der Waals surface area (Å²) in [6.07, 6.45) is 0. The summed E-state index contributed by atoms with van der Waals surface area (Å²) in [4.78, 5) is 12.1. The van der Waals surface area contributed by atoms with E-state index in [1.165, 1.54) is 6.07 Å².